The summed E-state index contributed by atoms with van der Waals surface area (Å²) in [6.07, 6.45) is 0. The number of fused-ring (bicyclic) bond motifs is 27. The zero-order valence-electron chi connectivity index (χ0n) is 132. The molecule has 0 aliphatic heterocycles. The molecule has 0 unspecified atom stereocenters. The summed E-state index contributed by atoms with van der Waals surface area (Å²) >= 11 is 0. The molecule has 0 amide bonds. The molecule has 0 spiro atoms. The van der Waals surface area contributed by atoms with E-state index < -0.39 is 413 Å². The molecule has 0 N–H and O–H groups in total. The average Bonchev–Trinajstić information content (AvgIpc) is 1.48. The van der Waals surface area contributed by atoms with Crippen molar-refractivity contribution >= 4 is 213 Å². The number of hydrogen-bond donors (Lipinski definition) is 0. The van der Waals surface area contributed by atoms with Gasteiger partial charge in [-0.05, 0) is 261 Å². The fraction of sp³-hybridized carbons (Fsp3) is 0.00719. The molecule has 149 heavy (non-hydrogen) atoms. The van der Waals surface area contributed by atoms with Crippen LogP contribution in [0.4, 0.5) is 17.1 Å². The van der Waals surface area contributed by atoms with E-state index in [1.165, 1.54) is 9.13 Å². The number of anilines is 3. The number of aromatic nitrogens is 9. The first-order valence-electron chi connectivity index (χ1n) is 74.2. The summed E-state index contributed by atoms with van der Waals surface area (Å²) in [5, 5.41) is 3.71. The predicted octanol–water partition coefficient (Wildman–Crippen LogP) is 36.7. The van der Waals surface area contributed by atoms with E-state index in [1.807, 2.05) is 114 Å². The largest absolute Gasteiger partial charge is 0.310 e. The Hall–Kier alpha value is -19.9. The average molecular weight is 1960 g/mol. The van der Waals surface area contributed by atoms with E-state index in [2.05, 4.69) is 74.4 Å². The van der Waals surface area contributed by atoms with Crippen molar-refractivity contribution in [3.05, 3.63) is 544 Å². The van der Waals surface area contributed by atoms with Gasteiger partial charge in [0.25, 0.3) is 0 Å². The molecule has 0 radical (unpaired) electrons. The second kappa shape index (κ2) is 34.1. The summed E-state index contributed by atoms with van der Waals surface area (Å²) in [7, 11) is 0. The van der Waals surface area contributed by atoms with E-state index in [-0.39, 0.29) is 43.6 Å². The Labute approximate surface area is 934 Å². The summed E-state index contributed by atoms with van der Waals surface area (Å²) in [5.41, 5.74) is 1.17. The van der Waals surface area contributed by atoms with Gasteiger partial charge in [0.2, 0.25) is 0 Å². The molecular weight excluding hydrogens is 1810 g/mol. The maximum absolute atomic E-state index is 10.1. The minimum atomic E-state index is -1.33. The van der Waals surface area contributed by atoms with Crippen LogP contribution < -0.4 is 4.90 Å². The Morgan fingerprint density at radius 1 is 0.148 bits per heavy atom. The lowest BCUT2D eigenvalue weighted by atomic mass is 10.1. The van der Waals surface area contributed by atoms with Gasteiger partial charge in [-0.1, -0.05) is 290 Å². The maximum Gasteiger partial charge on any atom is 0.0648 e. The van der Waals surface area contributed by atoms with E-state index in [1.54, 1.807) is 36.4 Å². The zero-order chi connectivity index (χ0) is 146. The lowest BCUT2D eigenvalue weighted by Gasteiger charge is -2.27. The number of para-hydroxylation sites is 16. The van der Waals surface area contributed by atoms with Crippen molar-refractivity contribution in [1.29, 1.82) is 0 Å². The second-order valence-corrected chi connectivity index (χ2v) is 34.9. The van der Waals surface area contributed by atoms with Crippen molar-refractivity contribution in [2.24, 2.45) is 0 Å². The molecule has 0 saturated heterocycles. The van der Waals surface area contributed by atoms with Crippen LogP contribution >= 0.6 is 0 Å². The molecule has 0 aliphatic carbocycles. The topological polar surface area (TPSA) is 47.6 Å². The van der Waals surface area contributed by atoms with Gasteiger partial charge in [-0.3, -0.25) is 0 Å². The van der Waals surface area contributed by atoms with Crippen molar-refractivity contribution < 1.29 is 75.4 Å². The molecule has 0 saturated carbocycles. The lowest BCUT2D eigenvalue weighted by Crippen LogP contribution is -2.11. The Balaban J connectivity index is 0.000000137. The molecular formula is C139H92N10. The Morgan fingerprint density at radius 2 is 0.362 bits per heavy atom. The normalized spacial score (nSPS) is 17.1. The maximum atomic E-state index is 10.1. The van der Waals surface area contributed by atoms with Crippen molar-refractivity contribution in [3.8, 4) is 51.2 Å². The monoisotopic (exact) mass is 1960 g/mol. The highest BCUT2D eigenvalue weighted by Gasteiger charge is 2.26. The predicted molar refractivity (Wildman–Crippen MR) is 628 cm³/mol. The van der Waals surface area contributed by atoms with Crippen molar-refractivity contribution in [2.45, 2.75) is 6.92 Å². The lowest BCUT2D eigenvalue weighted by molar-refractivity contribution is 1.14. The van der Waals surface area contributed by atoms with Gasteiger partial charge in [0.1, 0.15) is 0 Å². The molecule has 32 rings (SSSR count). The van der Waals surface area contributed by atoms with Gasteiger partial charge in [-0.25, -0.2) is 0 Å². The number of hydrogen-bond acceptors (Lipinski definition) is 1. The summed E-state index contributed by atoms with van der Waals surface area (Å²) in [5.74, 6) is 0. The first-order chi connectivity index (χ1) is 96.7. The number of benzene rings is 23. The molecule has 10 nitrogen and oxygen atoms in total. The van der Waals surface area contributed by atoms with Gasteiger partial charge in [-0.15, -0.1) is 0 Å². The smallest absolute Gasteiger partial charge is 0.0648 e. The van der Waals surface area contributed by atoms with Crippen LogP contribution in [0.25, 0.3) is 247 Å². The fourth-order valence-corrected chi connectivity index (χ4v) is 20.9. The van der Waals surface area contributed by atoms with Crippen LogP contribution in [0.3, 0.4) is 0 Å². The third kappa shape index (κ3) is 13.3. The molecule has 0 bridgehead atoms. The summed E-state index contributed by atoms with van der Waals surface area (Å²) < 4.78 is 507. The third-order valence-electron chi connectivity index (χ3n) is 27.1. The molecule has 9 heterocycles. The van der Waals surface area contributed by atoms with E-state index in [0.717, 1.165) is 99.7 Å². The summed E-state index contributed by atoms with van der Waals surface area (Å²) in [4.78, 5) is 0.354. The van der Waals surface area contributed by atoms with Crippen LogP contribution in [-0.4, -0.2) is 41.1 Å². The fourth-order valence-electron chi connectivity index (χ4n) is 20.9. The minimum Gasteiger partial charge on any atom is -0.310 e. The first-order valence-corrected chi connectivity index (χ1v) is 46.7. The molecule has 9 aromatic heterocycles. The van der Waals surface area contributed by atoms with E-state index in [9.17, 15) is 15.1 Å². The highest BCUT2D eigenvalue weighted by atomic mass is 15.1. The van der Waals surface area contributed by atoms with Crippen LogP contribution in [0.2, 0.25) is 0 Å². The second-order valence-electron chi connectivity index (χ2n) is 34.9. The van der Waals surface area contributed by atoms with Crippen LogP contribution in [0.1, 0.15) is 81.0 Å². The summed E-state index contributed by atoms with van der Waals surface area (Å²) in [6.45, 7) is 1.08. The molecule has 0 aliphatic rings. The molecule has 0 fully saturated rings. The van der Waals surface area contributed by atoms with Gasteiger partial charge in [0, 0.05) is 165 Å². The Kier molecular flexibility index (Phi) is 10.7. The number of rotatable bonds is 12. The van der Waals surface area contributed by atoms with Crippen LogP contribution in [0.5, 0.6) is 0 Å². The van der Waals surface area contributed by atoms with Gasteiger partial charge < -0.3 is 46.0 Å². The van der Waals surface area contributed by atoms with E-state index in [4.69, 9.17) is 60.3 Å². The van der Waals surface area contributed by atoms with E-state index in [0.29, 0.717) is 71.4 Å². The minimum absolute atomic E-state index is 0.0478. The molecule has 23 aromatic carbocycles. The highest BCUT2D eigenvalue weighted by molar-refractivity contribution is 6.19. The quantitative estimate of drug-likeness (QED) is 0.120. The van der Waals surface area contributed by atoms with Crippen molar-refractivity contribution in [2.75, 3.05) is 4.90 Å². The molecule has 0 atom stereocenters. The molecule has 10 heteroatoms. The SMILES string of the molecule is [2H]c1c([2H])c(-n2c3c([2H])c([2H])c([2H])c([2H])c3c3c([2H])c([2H])c([2H])c([2H])c32)c([2H])c([2H])c1N(c1c([2H])c([2H])c(-n2c3c([2H])c([2H])c([2H])c([2H])c3c3c([2H])c([2H])c([2H])c([2H])c32)c([2H])c1[2H])c1c([2H])c([2H])c(-n2c3c([2H])c([2H])c([2H])c([2H])c3c3c([2H])c([2H])c([2H])c([2H])c32)c(C)c1[2H].[2H]c1c([2H])c([2H])c2c(c1[2H])c1c([2H])c([2H])c([2H])c([2H])c1n2-c1ccc2c(c1)c1cc(-n3c4c([2H])c([2H])c([2H])c([2H])c4c4c([2H])c([2H])c([2H])c([2H])c43)ccc1n2-c1ccccc1.[2H]c1ccc2c(c1)c1cc([2H])ccc1n2-c1ccc2c(c1)c1cc(-n3c4ccc([2H])cc4c4cc([2H])ccc43)ccc1n2-c1ccccc1. The highest BCUT2D eigenvalue weighted by Crippen LogP contribution is 2.47. The standard InChI is InChI=1S/C55H38N4.2C42H27N3/c1-37-36-42(34-35-49(37)59-54-24-12-6-18-47(54)48-19-7-13-25-55(48)59)56(38-26-30-40(31-27-38)57-50-20-8-2-14-43(50)44-15-3-9-21-51(44)57)39-28-32-41(33-29-39)58-52-22-10-4-16-45(52)46-17-5-11-23-53(46)58;2*1-2-12-28(13-3-1)43-41-24-22-29(44-37-18-8-4-14-31(37)32-15-5-9-19-38(32)44)26-35(41)36-27-30(23-25-42(36)43)45-39-20-10-6-16-33(39)34-17-7-11-21-40(34)45/h2-36H,1H3;2*1-27H/i2D,3D,4D,5D,6D,7D,8D,9D,10D,11D,12D,13D,14D,15D,16D,17D,18D,19D,20D,21D,22D,23D,24D,25D,26D,27D,28D,29D,30D,31D,32D,33D,34D,35D,36D;4D,5D,6D,7D,8D,9D,10D,11D,14D,15D,16D,17D,18D,19D,20D,21D;4D,5D,6D,7D. The van der Waals surface area contributed by atoms with Gasteiger partial charge >= 0.3 is 0 Å². The first kappa shape index (κ1) is 46.6. The Bertz CT molecular complexity index is 13200. The van der Waals surface area contributed by atoms with E-state index >= 15 is 0 Å². The number of nitrogens with zero attached hydrogens (tertiary/aromatic N) is 10. The summed E-state index contributed by atoms with van der Waals surface area (Å²) in [6, 6.07) is 25.0. The van der Waals surface area contributed by atoms with Gasteiger partial charge in [-0.2, -0.15) is 0 Å². The molecule has 32 aromatic rings. The van der Waals surface area contributed by atoms with Gasteiger partial charge in [0.15, 0.2) is 0 Å². The van der Waals surface area contributed by atoms with Crippen molar-refractivity contribution in [3.63, 3.8) is 0 Å². The van der Waals surface area contributed by atoms with Crippen LogP contribution in [-0.2, 0) is 0 Å². The molecule has 698 valence electrons. The third-order valence-corrected chi connectivity index (χ3v) is 27.1. The van der Waals surface area contributed by atoms with Gasteiger partial charge in [0.05, 0.1) is 175 Å². The van der Waals surface area contributed by atoms with Crippen LogP contribution in [0.15, 0.2) is 539 Å². The Morgan fingerprint density at radius 3 is 0.624 bits per heavy atom. The zero-order valence-corrected chi connectivity index (χ0v) is 77.1. The van der Waals surface area contributed by atoms with Crippen LogP contribution in [0, 0.1) is 6.92 Å². The van der Waals surface area contributed by atoms with Crippen molar-refractivity contribution in [1.82, 2.24) is 41.1 Å².